The first-order valence-corrected chi connectivity index (χ1v) is 9.39. The number of hydrogen-bond acceptors (Lipinski definition) is 8. The summed E-state index contributed by atoms with van der Waals surface area (Å²) < 4.78 is 23.4. The maximum absolute atomic E-state index is 12.7. The van der Waals surface area contributed by atoms with Crippen LogP contribution in [0.4, 0.5) is 0 Å². The maximum atomic E-state index is 12.7. The van der Waals surface area contributed by atoms with Gasteiger partial charge in [0.1, 0.15) is 16.7 Å². The van der Waals surface area contributed by atoms with E-state index in [0.29, 0.717) is 0 Å². The van der Waals surface area contributed by atoms with Gasteiger partial charge in [-0.2, -0.15) is 0 Å². The quantitative estimate of drug-likeness (QED) is 0.261. The SMILES string of the molecule is C[C@]1(C=NCC(=O)c2cccc(O)c2O)[C@H](C(=O)O)N2C(=O)C[C@H]2S1(=O)=O. The number of β-lactam (4-membered cyclic amide) rings is 1. The summed E-state index contributed by atoms with van der Waals surface area (Å²) in [6.07, 6.45) is 0.579. The van der Waals surface area contributed by atoms with Crippen LogP contribution in [0.3, 0.4) is 0 Å². The number of rotatable bonds is 5. The molecule has 3 rings (SSSR count). The number of phenols is 2. The van der Waals surface area contributed by atoms with E-state index in [9.17, 15) is 38.1 Å². The van der Waals surface area contributed by atoms with Crippen molar-refractivity contribution >= 4 is 33.7 Å². The summed E-state index contributed by atoms with van der Waals surface area (Å²) in [5.41, 5.74) is -0.208. The standard InChI is InChI=1S/C16H16N2O8S/c1-16(7-17-6-10(20)8-3-2-4-9(19)13(8)22)14(15(23)24)18-11(21)5-12(18)27(16,25)26/h2-4,7,12,14,19,22H,5-6H2,1H3,(H,23,24)/t12-,14+,16+/m1/s1. The van der Waals surface area contributed by atoms with Crippen molar-refractivity contribution in [2.45, 2.75) is 29.5 Å². The van der Waals surface area contributed by atoms with Crippen LogP contribution in [-0.4, -0.2) is 75.2 Å². The second-order valence-corrected chi connectivity index (χ2v) is 9.01. The lowest BCUT2D eigenvalue weighted by atomic mass is 9.97. The number of aliphatic carboxylic acids is 1. The first kappa shape index (κ1) is 18.8. The third-order valence-electron chi connectivity index (χ3n) is 4.87. The number of carbonyl (C=O) groups is 3. The fourth-order valence-electron chi connectivity index (χ4n) is 3.36. The molecule has 0 unspecified atom stereocenters. The molecule has 2 aliphatic rings. The van der Waals surface area contributed by atoms with Gasteiger partial charge in [-0.3, -0.25) is 14.6 Å². The maximum Gasteiger partial charge on any atom is 0.328 e. The molecule has 2 saturated heterocycles. The van der Waals surface area contributed by atoms with Gasteiger partial charge in [0.05, 0.1) is 12.0 Å². The summed E-state index contributed by atoms with van der Waals surface area (Å²) in [5.74, 6) is -3.89. The molecule has 0 saturated carbocycles. The van der Waals surface area contributed by atoms with Gasteiger partial charge < -0.3 is 20.2 Å². The van der Waals surface area contributed by atoms with Gasteiger partial charge in [-0.15, -0.1) is 0 Å². The molecular weight excluding hydrogens is 380 g/mol. The Bertz CT molecular complexity index is 986. The monoisotopic (exact) mass is 396 g/mol. The number of benzene rings is 1. The van der Waals surface area contributed by atoms with Gasteiger partial charge in [-0.25, -0.2) is 13.2 Å². The molecule has 27 heavy (non-hydrogen) atoms. The smallest absolute Gasteiger partial charge is 0.328 e. The van der Waals surface area contributed by atoms with Crippen molar-refractivity contribution in [2.75, 3.05) is 6.54 Å². The van der Waals surface area contributed by atoms with E-state index in [1.807, 2.05) is 0 Å². The van der Waals surface area contributed by atoms with E-state index in [1.54, 1.807) is 0 Å². The van der Waals surface area contributed by atoms with E-state index in [4.69, 9.17) is 0 Å². The molecule has 144 valence electrons. The number of para-hydroxylation sites is 1. The molecule has 1 amide bonds. The van der Waals surface area contributed by atoms with Crippen LogP contribution < -0.4 is 0 Å². The number of nitrogens with zero attached hydrogens (tertiary/aromatic N) is 2. The number of fused-ring (bicyclic) bond motifs is 1. The van der Waals surface area contributed by atoms with E-state index in [2.05, 4.69) is 4.99 Å². The molecule has 0 spiro atoms. The van der Waals surface area contributed by atoms with Crippen LogP contribution in [0.1, 0.15) is 23.7 Å². The predicted molar refractivity (Wildman–Crippen MR) is 91.5 cm³/mol. The first-order valence-electron chi connectivity index (χ1n) is 7.85. The second kappa shape index (κ2) is 6.05. The van der Waals surface area contributed by atoms with Crippen molar-refractivity contribution in [1.29, 1.82) is 0 Å². The van der Waals surface area contributed by atoms with Crippen LogP contribution in [0.15, 0.2) is 23.2 Å². The predicted octanol–water partition coefficient (Wildman–Crippen LogP) is -0.450. The average Bonchev–Trinajstić information content (AvgIpc) is 2.72. The Hall–Kier alpha value is -2.95. The highest BCUT2D eigenvalue weighted by Gasteiger charge is 2.69. The molecule has 3 atom stereocenters. The number of aliphatic imine (C=N–C) groups is 1. The number of ketones is 1. The van der Waals surface area contributed by atoms with Crippen molar-refractivity contribution < 1.29 is 38.1 Å². The molecule has 0 bridgehead atoms. The Morgan fingerprint density at radius 3 is 2.63 bits per heavy atom. The molecule has 0 aromatic heterocycles. The van der Waals surface area contributed by atoms with Crippen molar-refractivity contribution in [3.63, 3.8) is 0 Å². The number of sulfone groups is 1. The van der Waals surface area contributed by atoms with Crippen LogP contribution in [0, 0.1) is 0 Å². The second-order valence-electron chi connectivity index (χ2n) is 6.50. The highest BCUT2D eigenvalue weighted by molar-refractivity contribution is 7.94. The number of Topliss-reactive ketones (excluding diaryl/α,β-unsaturated/α-hetero) is 1. The van der Waals surface area contributed by atoms with E-state index in [1.165, 1.54) is 18.2 Å². The molecule has 0 aliphatic carbocycles. The average molecular weight is 396 g/mol. The van der Waals surface area contributed by atoms with Gasteiger partial charge in [0, 0.05) is 6.21 Å². The minimum absolute atomic E-state index is 0.208. The summed E-state index contributed by atoms with van der Waals surface area (Å²) in [6, 6.07) is 2.14. The van der Waals surface area contributed by atoms with Crippen LogP contribution in [0.25, 0.3) is 0 Å². The van der Waals surface area contributed by atoms with Gasteiger partial charge in [0.2, 0.25) is 5.91 Å². The zero-order valence-electron chi connectivity index (χ0n) is 14.1. The zero-order chi connectivity index (χ0) is 20.1. The third-order valence-corrected chi connectivity index (χ3v) is 7.54. The fraction of sp³-hybridized carbons (Fsp3) is 0.375. The van der Waals surface area contributed by atoms with Crippen LogP contribution >= 0.6 is 0 Å². The minimum Gasteiger partial charge on any atom is -0.504 e. The van der Waals surface area contributed by atoms with Gasteiger partial charge in [-0.1, -0.05) is 6.07 Å². The Kier molecular flexibility index (Phi) is 4.22. The minimum atomic E-state index is -4.06. The lowest BCUT2D eigenvalue weighted by molar-refractivity contribution is -0.156. The third kappa shape index (κ3) is 2.57. The summed E-state index contributed by atoms with van der Waals surface area (Å²) in [6.45, 7) is 0.569. The number of aromatic hydroxyl groups is 2. The van der Waals surface area contributed by atoms with E-state index >= 15 is 0 Å². The number of carbonyl (C=O) groups excluding carboxylic acids is 2. The van der Waals surface area contributed by atoms with Crippen molar-refractivity contribution in [1.82, 2.24) is 4.90 Å². The lowest BCUT2D eigenvalue weighted by Gasteiger charge is -2.35. The van der Waals surface area contributed by atoms with E-state index < -0.39 is 61.7 Å². The highest BCUT2D eigenvalue weighted by atomic mass is 32.2. The summed E-state index contributed by atoms with van der Waals surface area (Å²) in [5, 5.41) is 27.3. The molecule has 0 radical (unpaired) electrons. The van der Waals surface area contributed by atoms with Crippen molar-refractivity contribution in [3.8, 4) is 11.5 Å². The fourth-order valence-corrected chi connectivity index (χ4v) is 5.59. The molecule has 1 aromatic carbocycles. The number of carboxylic acid groups (broad SMARTS) is 1. The Balaban J connectivity index is 1.88. The van der Waals surface area contributed by atoms with Gasteiger partial charge >= 0.3 is 5.97 Å². The number of carboxylic acids is 1. The van der Waals surface area contributed by atoms with Crippen LogP contribution in [0.2, 0.25) is 0 Å². The van der Waals surface area contributed by atoms with Gasteiger partial charge in [0.15, 0.2) is 33.2 Å². The lowest BCUT2D eigenvalue weighted by Crippen LogP contribution is -2.57. The van der Waals surface area contributed by atoms with E-state index in [0.717, 1.165) is 18.0 Å². The Morgan fingerprint density at radius 1 is 1.37 bits per heavy atom. The molecular formula is C16H16N2O8S. The van der Waals surface area contributed by atoms with Gasteiger partial charge in [0.25, 0.3) is 0 Å². The number of phenolic OH excluding ortho intramolecular Hbond substituents is 2. The largest absolute Gasteiger partial charge is 0.504 e. The Labute approximate surface area is 153 Å². The zero-order valence-corrected chi connectivity index (χ0v) is 14.9. The Morgan fingerprint density at radius 2 is 2.04 bits per heavy atom. The normalized spacial score (nSPS) is 28.8. The topological polar surface area (TPSA) is 162 Å². The molecule has 10 nitrogen and oxygen atoms in total. The number of hydrogen-bond donors (Lipinski definition) is 3. The van der Waals surface area contributed by atoms with Gasteiger partial charge in [-0.05, 0) is 19.1 Å². The van der Waals surface area contributed by atoms with Crippen LogP contribution in [-0.2, 0) is 19.4 Å². The van der Waals surface area contributed by atoms with Crippen molar-refractivity contribution in [2.24, 2.45) is 4.99 Å². The summed E-state index contributed by atoms with van der Waals surface area (Å²) in [7, 11) is -4.06. The molecule has 3 N–H and O–H groups in total. The molecule has 1 aromatic rings. The molecule has 2 fully saturated rings. The van der Waals surface area contributed by atoms with E-state index in [-0.39, 0.29) is 12.0 Å². The van der Waals surface area contributed by atoms with Crippen molar-refractivity contribution in [3.05, 3.63) is 23.8 Å². The molecule has 2 heterocycles. The molecule has 11 heteroatoms. The number of amides is 1. The van der Waals surface area contributed by atoms with Crippen LogP contribution in [0.5, 0.6) is 11.5 Å². The summed E-state index contributed by atoms with van der Waals surface area (Å²) in [4.78, 5) is 40.0. The highest BCUT2D eigenvalue weighted by Crippen LogP contribution is 2.45. The molecule has 2 aliphatic heterocycles. The summed E-state index contributed by atoms with van der Waals surface area (Å²) >= 11 is 0. The first-order chi connectivity index (χ1) is 12.5.